The lowest BCUT2D eigenvalue weighted by atomic mass is 10.3. The highest BCUT2D eigenvalue weighted by Gasteiger charge is 2.08. The van der Waals surface area contributed by atoms with Crippen LogP contribution in [0.4, 0.5) is 0 Å². The molecule has 0 aliphatic carbocycles. The summed E-state index contributed by atoms with van der Waals surface area (Å²) in [6.07, 6.45) is 1.97. The first-order chi connectivity index (χ1) is 7.06. The number of carbonyl (C=O) groups excluding carboxylic acids is 1. The molecule has 0 unspecified atom stereocenters. The minimum atomic E-state index is -0.332. The van der Waals surface area contributed by atoms with E-state index in [2.05, 4.69) is 25.3 Å². The molecule has 0 aromatic carbocycles. The first-order valence-corrected chi connectivity index (χ1v) is 5.29. The number of allylic oxidation sites excluding steroid dienone is 1. The van der Waals surface area contributed by atoms with E-state index >= 15 is 0 Å². The highest BCUT2D eigenvalue weighted by atomic mass is 16.5. The topological polar surface area (TPSA) is 29.5 Å². The maximum Gasteiger partial charge on any atom is 0.333 e. The first-order valence-electron chi connectivity index (χ1n) is 5.29. The van der Waals surface area contributed by atoms with Crippen molar-refractivity contribution in [3.8, 4) is 0 Å². The monoisotopic (exact) mass is 211 g/mol. The highest BCUT2D eigenvalue weighted by Crippen LogP contribution is 2.05. The summed E-state index contributed by atoms with van der Waals surface area (Å²) in [5.74, 6) is -0.332. The highest BCUT2D eigenvalue weighted by molar-refractivity contribution is 5.87. The number of carbonyl (C=O) groups is 1. The van der Waals surface area contributed by atoms with Gasteiger partial charge < -0.3 is 9.64 Å². The Morgan fingerprint density at radius 1 is 1.40 bits per heavy atom. The van der Waals surface area contributed by atoms with Gasteiger partial charge in [-0.25, -0.2) is 4.79 Å². The molecule has 0 aliphatic rings. The van der Waals surface area contributed by atoms with Gasteiger partial charge in [0.1, 0.15) is 6.61 Å². The molecule has 0 saturated heterocycles. The minimum Gasteiger partial charge on any atom is -0.456 e. The van der Waals surface area contributed by atoms with E-state index in [9.17, 15) is 4.79 Å². The fraction of sp³-hybridized carbons (Fsp3) is 0.583. The molecule has 0 atom stereocenters. The van der Waals surface area contributed by atoms with Crippen LogP contribution in [0.15, 0.2) is 23.9 Å². The number of likely N-dealkylation sites (N-methyl/N-ethyl adjacent to an activating group) is 1. The van der Waals surface area contributed by atoms with Crippen LogP contribution in [0.3, 0.4) is 0 Å². The molecule has 0 fully saturated rings. The molecular formula is C12H21NO2. The van der Waals surface area contributed by atoms with Crippen LogP contribution >= 0.6 is 0 Å². The van der Waals surface area contributed by atoms with E-state index in [-0.39, 0.29) is 5.97 Å². The maximum atomic E-state index is 11.2. The summed E-state index contributed by atoms with van der Waals surface area (Å²) in [6.45, 7) is 13.4. The molecule has 0 aromatic heterocycles. The van der Waals surface area contributed by atoms with Crippen molar-refractivity contribution >= 4 is 5.97 Å². The van der Waals surface area contributed by atoms with Crippen molar-refractivity contribution in [2.75, 3.05) is 19.7 Å². The Bertz CT molecular complexity index is 252. The Kier molecular flexibility index (Phi) is 6.50. The fourth-order valence-corrected chi connectivity index (χ4v) is 1.25. The zero-order valence-electron chi connectivity index (χ0n) is 10.2. The zero-order chi connectivity index (χ0) is 11.8. The predicted molar refractivity (Wildman–Crippen MR) is 62.5 cm³/mol. The molecular weight excluding hydrogens is 190 g/mol. The predicted octanol–water partition coefficient (Wildman–Crippen LogP) is 2.35. The van der Waals surface area contributed by atoms with Crippen molar-refractivity contribution in [1.29, 1.82) is 0 Å². The molecule has 0 aromatic rings. The molecule has 0 bridgehead atoms. The summed E-state index contributed by atoms with van der Waals surface area (Å²) in [5.41, 5.74) is 1.47. The van der Waals surface area contributed by atoms with Crippen molar-refractivity contribution < 1.29 is 9.53 Å². The molecule has 15 heavy (non-hydrogen) atoms. The molecule has 3 nitrogen and oxygen atoms in total. The van der Waals surface area contributed by atoms with E-state index in [1.807, 2.05) is 13.0 Å². The van der Waals surface area contributed by atoms with Crippen LogP contribution < -0.4 is 0 Å². The van der Waals surface area contributed by atoms with Gasteiger partial charge in [0.15, 0.2) is 0 Å². The van der Waals surface area contributed by atoms with E-state index in [0.717, 1.165) is 18.8 Å². The van der Waals surface area contributed by atoms with E-state index in [4.69, 9.17) is 4.74 Å². The molecule has 0 aliphatic heterocycles. The number of hydrogen-bond acceptors (Lipinski definition) is 3. The average molecular weight is 211 g/mol. The molecule has 0 spiro atoms. The summed E-state index contributed by atoms with van der Waals surface area (Å²) in [7, 11) is 0. The number of nitrogens with zero attached hydrogens (tertiary/aromatic N) is 1. The second-order valence-corrected chi connectivity index (χ2v) is 3.31. The van der Waals surface area contributed by atoms with Crippen LogP contribution in [0.5, 0.6) is 0 Å². The standard InChI is InChI=1S/C12H21NO2/c1-6-11(13(7-2)8-3)9-15-12(14)10(4)5/h6H,4,7-9H2,1-3,5H3. The lowest BCUT2D eigenvalue weighted by molar-refractivity contribution is -0.138. The van der Waals surface area contributed by atoms with Crippen LogP contribution in [-0.2, 0) is 9.53 Å². The van der Waals surface area contributed by atoms with Crippen LogP contribution in [0.2, 0.25) is 0 Å². The van der Waals surface area contributed by atoms with Gasteiger partial charge in [-0.1, -0.05) is 12.7 Å². The maximum absolute atomic E-state index is 11.2. The third kappa shape index (κ3) is 4.68. The third-order valence-electron chi connectivity index (χ3n) is 2.20. The summed E-state index contributed by atoms with van der Waals surface area (Å²) >= 11 is 0. The number of ether oxygens (including phenoxy) is 1. The summed E-state index contributed by atoms with van der Waals surface area (Å²) in [6, 6.07) is 0. The van der Waals surface area contributed by atoms with Gasteiger partial charge in [0.2, 0.25) is 0 Å². The Morgan fingerprint density at radius 3 is 2.27 bits per heavy atom. The van der Waals surface area contributed by atoms with Gasteiger partial charge in [0.25, 0.3) is 0 Å². The van der Waals surface area contributed by atoms with Crippen LogP contribution in [-0.4, -0.2) is 30.6 Å². The van der Waals surface area contributed by atoms with Gasteiger partial charge in [-0.05, 0) is 27.7 Å². The van der Waals surface area contributed by atoms with E-state index in [1.165, 1.54) is 0 Å². The quantitative estimate of drug-likeness (QED) is 0.499. The molecule has 0 amide bonds. The van der Waals surface area contributed by atoms with Gasteiger partial charge in [-0.15, -0.1) is 0 Å². The summed E-state index contributed by atoms with van der Waals surface area (Å²) < 4.78 is 5.09. The van der Waals surface area contributed by atoms with Crippen LogP contribution in [0, 0.1) is 0 Å². The second-order valence-electron chi connectivity index (χ2n) is 3.31. The van der Waals surface area contributed by atoms with E-state index < -0.39 is 0 Å². The number of esters is 1. The molecule has 0 N–H and O–H groups in total. The lowest BCUT2D eigenvalue weighted by Crippen LogP contribution is -2.26. The molecule has 0 heterocycles. The second kappa shape index (κ2) is 7.10. The molecule has 0 radical (unpaired) electrons. The largest absolute Gasteiger partial charge is 0.456 e. The van der Waals surface area contributed by atoms with Crippen molar-refractivity contribution in [3.63, 3.8) is 0 Å². The first kappa shape index (κ1) is 13.8. The lowest BCUT2D eigenvalue weighted by Gasteiger charge is -2.24. The van der Waals surface area contributed by atoms with Gasteiger partial charge in [-0.2, -0.15) is 0 Å². The molecule has 86 valence electrons. The van der Waals surface area contributed by atoms with E-state index in [0.29, 0.717) is 12.2 Å². The third-order valence-corrected chi connectivity index (χ3v) is 2.20. The smallest absolute Gasteiger partial charge is 0.333 e. The van der Waals surface area contributed by atoms with Gasteiger partial charge in [-0.3, -0.25) is 0 Å². The fourth-order valence-electron chi connectivity index (χ4n) is 1.25. The Labute approximate surface area is 92.4 Å². The molecule has 0 saturated carbocycles. The summed E-state index contributed by atoms with van der Waals surface area (Å²) in [5, 5.41) is 0. The number of hydrogen-bond donors (Lipinski definition) is 0. The Balaban J connectivity index is 4.24. The van der Waals surface area contributed by atoms with E-state index in [1.54, 1.807) is 6.92 Å². The summed E-state index contributed by atoms with van der Waals surface area (Å²) in [4.78, 5) is 13.4. The van der Waals surface area contributed by atoms with Gasteiger partial charge >= 0.3 is 5.97 Å². The van der Waals surface area contributed by atoms with Gasteiger partial charge in [0.05, 0.1) is 0 Å². The molecule has 3 heteroatoms. The normalized spacial score (nSPS) is 11.1. The Hall–Kier alpha value is -1.25. The van der Waals surface area contributed by atoms with Crippen molar-refractivity contribution in [1.82, 2.24) is 4.90 Å². The molecule has 0 rings (SSSR count). The zero-order valence-corrected chi connectivity index (χ0v) is 10.2. The Morgan fingerprint density at radius 2 is 1.93 bits per heavy atom. The minimum absolute atomic E-state index is 0.323. The van der Waals surface area contributed by atoms with Crippen molar-refractivity contribution in [2.24, 2.45) is 0 Å². The van der Waals surface area contributed by atoms with Crippen molar-refractivity contribution in [2.45, 2.75) is 27.7 Å². The SMILES string of the molecule is C=C(C)C(=O)OCC(=CC)N(CC)CC. The average Bonchev–Trinajstić information content (AvgIpc) is 2.23. The van der Waals surface area contributed by atoms with Crippen molar-refractivity contribution in [3.05, 3.63) is 23.9 Å². The van der Waals surface area contributed by atoms with Crippen LogP contribution in [0.25, 0.3) is 0 Å². The van der Waals surface area contributed by atoms with Gasteiger partial charge in [0, 0.05) is 24.4 Å². The van der Waals surface area contributed by atoms with Crippen LogP contribution in [0.1, 0.15) is 27.7 Å². The number of rotatable bonds is 6.